The highest BCUT2D eigenvalue weighted by molar-refractivity contribution is 5.72. The predicted molar refractivity (Wildman–Crippen MR) is 114 cm³/mol. The third kappa shape index (κ3) is 5.32. The SMILES string of the molecule is CNCC(C)C(CC=N)Nc1ccc(-c2ccccc2F)cc1OCC1CC1. The van der Waals surface area contributed by atoms with Crippen LogP contribution in [0.5, 0.6) is 5.75 Å². The zero-order chi connectivity index (χ0) is 19.9. The molecule has 28 heavy (non-hydrogen) atoms. The van der Waals surface area contributed by atoms with Crippen molar-refractivity contribution < 1.29 is 9.13 Å². The molecule has 2 atom stereocenters. The van der Waals surface area contributed by atoms with Crippen LogP contribution in [0, 0.1) is 23.1 Å². The molecular weight excluding hydrogens is 353 g/mol. The second kappa shape index (κ2) is 9.69. The summed E-state index contributed by atoms with van der Waals surface area (Å²) in [5, 5.41) is 14.3. The molecule has 2 aromatic rings. The summed E-state index contributed by atoms with van der Waals surface area (Å²) in [7, 11) is 1.94. The van der Waals surface area contributed by atoms with Crippen LogP contribution in [0.25, 0.3) is 11.1 Å². The standard InChI is InChI=1S/C23H30FN3O/c1-16(14-26-2)21(11-12-25)27-22-10-9-18(19-5-3-4-6-20(19)24)13-23(22)28-15-17-7-8-17/h3-6,9-10,12-13,16-17,21,25-27H,7-8,11,14-15H2,1-2H3. The molecule has 0 saturated heterocycles. The van der Waals surface area contributed by atoms with E-state index in [1.807, 2.05) is 31.3 Å². The molecule has 1 fully saturated rings. The minimum atomic E-state index is -0.235. The van der Waals surface area contributed by atoms with Crippen LogP contribution in [-0.2, 0) is 0 Å². The van der Waals surface area contributed by atoms with E-state index < -0.39 is 0 Å². The lowest BCUT2D eigenvalue weighted by Gasteiger charge is -2.26. The second-order valence-corrected chi connectivity index (χ2v) is 7.67. The predicted octanol–water partition coefficient (Wildman–Crippen LogP) is 4.96. The van der Waals surface area contributed by atoms with Crippen molar-refractivity contribution in [1.82, 2.24) is 5.32 Å². The van der Waals surface area contributed by atoms with Crippen molar-refractivity contribution in [1.29, 1.82) is 5.41 Å². The molecule has 0 amide bonds. The van der Waals surface area contributed by atoms with E-state index >= 15 is 0 Å². The van der Waals surface area contributed by atoms with Crippen LogP contribution in [0.15, 0.2) is 42.5 Å². The summed E-state index contributed by atoms with van der Waals surface area (Å²) in [5.41, 5.74) is 2.28. The van der Waals surface area contributed by atoms with Crippen molar-refractivity contribution in [3.8, 4) is 16.9 Å². The quantitative estimate of drug-likeness (QED) is 0.481. The maximum atomic E-state index is 14.2. The highest BCUT2D eigenvalue weighted by Crippen LogP contribution is 2.36. The molecule has 2 aromatic carbocycles. The molecule has 0 heterocycles. The van der Waals surface area contributed by atoms with E-state index in [0.29, 0.717) is 30.4 Å². The molecule has 0 aromatic heterocycles. The molecule has 0 radical (unpaired) electrons. The van der Waals surface area contributed by atoms with Gasteiger partial charge in [-0.25, -0.2) is 4.39 Å². The minimum absolute atomic E-state index is 0.118. The van der Waals surface area contributed by atoms with E-state index in [4.69, 9.17) is 10.1 Å². The number of anilines is 1. The number of hydrogen-bond donors (Lipinski definition) is 3. The first kappa shape index (κ1) is 20.3. The Morgan fingerprint density at radius 1 is 1.25 bits per heavy atom. The lowest BCUT2D eigenvalue weighted by Crippen LogP contribution is -2.34. The first-order valence-electron chi connectivity index (χ1n) is 10.0. The molecule has 0 spiro atoms. The number of nitrogens with one attached hydrogen (secondary N) is 3. The second-order valence-electron chi connectivity index (χ2n) is 7.67. The van der Waals surface area contributed by atoms with Gasteiger partial charge in [0.1, 0.15) is 11.6 Å². The normalized spacial score (nSPS) is 15.7. The fourth-order valence-electron chi connectivity index (χ4n) is 3.34. The van der Waals surface area contributed by atoms with E-state index in [0.717, 1.165) is 23.5 Å². The van der Waals surface area contributed by atoms with Gasteiger partial charge in [-0.2, -0.15) is 0 Å². The van der Waals surface area contributed by atoms with Crippen LogP contribution in [-0.4, -0.2) is 32.5 Å². The molecule has 1 aliphatic carbocycles. The molecule has 3 rings (SSSR count). The van der Waals surface area contributed by atoms with Gasteiger partial charge in [-0.15, -0.1) is 0 Å². The highest BCUT2D eigenvalue weighted by Gasteiger charge is 2.23. The molecule has 2 unspecified atom stereocenters. The van der Waals surface area contributed by atoms with Gasteiger partial charge in [0, 0.05) is 18.0 Å². The number of halogens is 1. The van der Waals surface area contributed by atoms with Crippen molar-refractivity contribution in [3.05, 3.63) is 48.3 Å². The molecule has 3 N–H and O–H groups in total. The summed E-state index contributed by atoms with van der Waals surface area (Å²) in [6.07, 6.45) is 4.51. The van der Waals surface area contributed by atoms with Gasteiger partial charge in [-0.1, -0.05) is 31.2 Å². The van der Waals surface area contributed by atoms with E-state index in [1.54, 1.807) is 12.1 Å². The molecule has 150 valence electrons. The summed E-state index contributed by atoms with van der Waals surface area (Å²) < 4.78 is 20.4. The Morgan fingerprint density at radius 3 is 2.71 bits per heavy atom. The average Bonchev–Trinajstić information content (AvgIpc) is 3.52. The fourth-order valence-corrected chi connectivity index (χ4v) is 3.34. The van der Waals surface area contributed by atoms with Crippen molar-refractivity contribution in [2.24, 2.45) is 11.8 Å². The third-order valence-corrected chi connectivity index (χ3v) is 5.26. The van der Waals surface area contributed by atoms with Crippen LogP contribution in [0.3, 0.4) is 0 Å². The summed E-state index contributed by atoms with van der Waals surface area (Å²) in [5.74, 6) is 1.49. The molecule has 4 nitrogen and oxygen atoms in total. The van der Waals surface area contributed by atoms with Gasteiger partial charge in [0.2, 0.25) is 0 Å². The minimum Gasteiger partial charge on any atom is -0.491 e. The topological polar surface area (TPSA) is 57.1 Å². The Bertz CT molecular complexity index is 791. The Labute approximate surface area is 167 Å². The lowest BCUT2D eigenvalue weighted by molar-refractivity contribution is 0.300. The molecule has 5 heteroatoms. The lowest BCUT2D eigenvalue weighted by atomic mass is 9.98. The first-order chi connectivity index (χ1) is 13.6. The third-order valence-electron chi connectivity index (χ3n) is 5.26. The van der Waals surface area contributed by atoms with Gasteiger partial charge >= 0.3 is 0 Å². The monoisotopic (exact) mass is 383 g/mol. The van der Waals surface area contributed by atoms with Gasteiger partial charge in [-0.05, 0) is 68.2 Å². The Kier molecular flexibility index (Phi) is 7.04. The summed E-state index contributed by atoms with van der Waals surface area (Å²) in [6, 6.07) is 12.7. The average molecular weight is 384 g/mol. The Balaban J connectivity index is 1.87. The Morgan fingerprint density at radius 2 is 2.04 bits per heavy atom. The van der Waals surface area contributed by atoms with Crippen LogP contribution < -0.4 is 15.4 Å². The molecular formula is C23H30FN3O. The number of ether oxygens (including phenoxy) is 1. The summed E-state index contributed by atoms with van der Waals surface area (Å²) in [6.45, 7) is 3.71. The highest BCUT2D eigenvalue weighted by atomic mass is 19.1. The van der Waals surface area contributed by atoms with E-state index in [9.17, 15) is 4.39 Å². The maximum absolute atomic E-state index is 14.2. The van der Waals surface area contributed by atoms with Crippen molar-refractivity contribution >= 4 is 11.9 Å². The molecule has 0 aliphatic heterocycles. The smallest absolute Gasteiger partial charge is 0.143 e. The first-order valence-corrected chi connectivity index (χ1v) is 10.0. The van der Waals surface area contributed by atoms with Gasteiger partial charge in [0.05, 0.1) is 12.3 Å². The molecule has 0 bridgehead atoms. The van der Waals surface area contributed by atoms with Crippen molar-refractivity contribution in [3.63, 3.8) is 0 Å². The van der Waals surface area contributed by atoms with E-state index in [1.165, 1.54) is 25.1 Å². The van der Waals surface area contributed by atoms with E-state index in [2.05, 4.69) is 17.6 Å². The summed E-state index contributed by atoms with van der Waals surface area (Å²) in [4.78, 5) is 0. The van der Waals surface area contributed by atoms with Gasteiger partial charge < -0.3 is 20.8 Å². The zero-order valence-electron chi connectivity index (χ0n) is 16.7. The zero-order valence-corrected chi connectivity index (χ0v) is 16.7. The van der Waals surface area contributed by atoms with Gasteiger partial charge in [-0.3, -0.25) is 0 Å². The van der Waals surface area contributed by atoms with Crippen LogP contribution >= 0.6 is 0 Å². The number of rotatable bonds is 11. The van der Waals surface area contributed by atoms with Crippen LogP contribution in [0.2, 0.25) is 0 Å². The van der Waals surface area contributed by atoms with Crippen molar-refractivity contribution in [2.75, 3.05) is 25.5 Å². The maximum Gasteiger partial charge on any atom is 0.143 e. The number of hydrogen-bond acceptors (Lipinski definition) is 4. The van der Waals surface area contributed by atoms with E-state index in [-0.39, 0.29) is 11.9 Å². The fraction of sp³-hybridized carbons (Fsp3) is 0.435. The molecule has 1 aliphatic rings. The Hall–Kier alpha value is -2.40. The van der Waals surface area contributed by atoms with Crippen LogP contribution in [0.1, 0.15) is 26.2 Å². The summed E-state index contributed by atoms with van der Waals surface area (Å²) >= 11 is 0. The van der Waals surface area contributed by atoms with Gasteiger partial charge in [0.15, 0.2) is 0 Å². The molecule has 1 saturated carbocycles. The van der Waals surface area contributed by atoms with Crippen molar-refractivity contribution in [2.45, 2.75) is 32.2 Å². The van der Waals surface area contributed by atoms with Gasteiger partial charge in [0.25, 0.3) is 0 Å². The largest absolute Gasteiger partial charge is 0.491 e. The van der Waals surface area contributed by atoms with Crippen LogP contribution in [0.4, 0.5) is 10.1 Å². The number of benzene rings is 2.